The van der Waals surface area contributed by atoms with E-state index in [2.05, 4.69) is 12.2 Å². The predicted octanol–water partition coefficient (Wildman–Crippen LogP) is 5.26. The number of amides is 1. The summed E-state index contributed by atoms with van der Waals surface area (Å²) < 4.78 is 11.2. The third-order valence-corrected chi connectivity index (χ3v) is 6.09. The van der Waals surface area contributed by atoms with E-state index in [9.17, 15) is 14.4 Å². The number of hydrogen-bond acceptors (Lipinski definition) is 5. The minimum absolute atomic E-state index is 0.0371. The quantitative estimate of drug-likeness (QED) is 0.179. The molecule has 1 N–H and O–H groups in total. The normalized spacial score (nSPS) is 20.9. The summed E-state index contributed by atoms with van der Waals surface area (Å²) in [6.07, 6.45) is 17.1. The van der Waals surface area contributed by atoms with Gasteiger partial charge in [-0.1, -0.05) is 71.1 Å². The Morgan fingerprint density at radius 2 is 1.42 bits per heavy atom. The smallest absolute Gasteiger partial charge is 0.306 e. The van der Waals surface area contributed by atoms with Gasteiger partial charge in [0.05, 0.1) is 6.10 Å². The summed E-state index contributed by atoms with van der Waals surface area (Å²) in [5.41, 5.74) is 0. The molecule has 0 radical (unpaired) electrons. The third kappa shape index (κ3) is 14.3. The average molecular weight is 440 g/mol. The van der Waals surface area contributed by atoms with E-state index in [1.165, 1.54) is 57.8 Å². The highest BCUT2D eigenvalue weighted by atomic mass is 16.5. The Hall–Kier alpha value is -1.43. The maximum absolute atomic E-state index is 12.2. The van der Waals surface area contributed by atoms with E-state index in [0.717, 1.165) is 19.1 Å². The van der Waals surface area contributed by atoms with Gasteiger partial charge in [-0.3, -0.25) is 9.59 Å². The molecule has 6 nitrogen and oxygen atoms in total. The number of hydrogen-bond donors (Lipinski definition) is 1. The first-order valence-electron chi connectivity index (χ1n) is 12.5. The van der Waals surface area contributed by atoms with E-state index in [4.69, 9.17) is 9.47 Å². The van der Waals surface area contributed by atoms with Crippen molar-refractivity contribution in [1.82, 2.24) is 5.32 Å². The summed E-state index contributed by atoms with van der Waals surface area (Å²) in [5.74, 6) is -0.288. The summed E-state index contributed by atoms with van der Waals surface area (Å²) in [5, 5.41) is 2.94. The van der Waals surface area contributed by atoms with Gasteiger partial charge in [0.15, 0.2) is 0 Å². The van der Waals surface area contributed by atoms with Crippen LogP contribution < -0.4 is 5.32 Å². The molecule has 0 heterocycles. The number of ether oxygens (including phenoxy) is 2. The largest absolute Gasteiger partial charge is 0.462 e. The van der Waals surface area contributed by atoms with Crippen LogP contribution in [0.4, 0.5) is 0 Å². The Morgan fingerprint density at radius 1 is 0.839 bits per heavy atom. The lowest BCUT2D eigenvalue weighted by atomic mass is 9.90. The molecule has 6 heteroatoms. The second-order valence-electron chi connectivity index (χ2n) is 8.93. The Kier molecular flexibility index (Phi) is 16.2. The molecular weight excluding hydrogens is 394 g/mol. The molecule has 0 aliphatic heterocycles. The van der Waals surface area contributed by atoms with Crippen LogP contribution in [0, 0.1) is 0 Å². The maximum atomic E-state index is 12.2. The lowest BCUT2D eigenvalue weighted by Crippen LogP contribution is -2.45. The molecule has 1 amide bonds. The molecule has 1 aliphatic carbocycles. The minimum atomic E-state index is -0.227. The van der Waals surface area contributed by atoms with Crippen molar-refractivity contribution in [2.75, 3.05) is 7.11 Å². The number of nitrogens with one attached hydrogen (secondary N) is 1. The summed E-state index contributed by atoms with van der Waals surface area (Å²) in [6, 6.07) is -0.0855. The highest BCUT2D eigenvalue weighted by Gasteiger charge is 2.31. The van der Waals surface area contributed by atoms with Crippen molar-refractivity contribution >= 4 is 18.2 Å². The van der Waals surface area contributed by atoms with E-state index >= 15 is 0 Å². The zero-order valence-electron chi connectivity index (χ0n) is 19.9. The van der Waals surface area contributed by atoms with Crippen LogP contribution in [-0.4, -0.2) is 43.5 Å². The second-order valence-corrected chi connectivity index (χ2v) is 8.93. The fraction of sp³-hybridized carbons (Fsp3) is 0.880. The molecule has 1 rings (SSSR count). The molecule has 0 spiro atoms. The summed E-state index contributed by atoms with van der Waals surface area (Å²) in [4.78, 5) is 34.6. The van der Waals surface area contributed by atoms with E-state index in [-0.39, 0.29) is 43.0 Å². The topological polar surface area (TPSA) is 81.7 Å². The lowest BCUT2D eigenvalue weighted by Gasteiger charge is -2.34. The lowest BCUT2D eigenvalue weighted by molar-refractivity contribution is -0.153. The fourth-order valence-corrected chi connectivity index (χ4v) is 4.29. The van der Waals surface area contributed by atoms with Crippen LogP contribution in [0.15, 0.2) is 0 Å². The zero-order valence-corrected chi connectivity index (χ0v) is 19.9. The monoisotopic (exact) mass is 439 g/mol. The van der Waals surface area contributed by atoms with Crippen LogP contribution in [-0.2, 0) is 23.9 Å². The first-order valence-corrected chi connectivity index (χ1v) is 12.5. The van der Waals surface area contributed by atoms with E-state index < -0.39 is 0 Å². The molecule has 3 atom stereocenters. The van der Waals surface area contributed by atoms with E-state index in [0.29, 0.717) is 25.7 Å². The number of carbonyl (C=O) groups is 3. The summed E-state index contributed by atoms with van der Waals surface area (Å²) >= 11 is 0. The Morgan fingerprint density at radius 3 is 2.00 bits per heavy atom. The standard InChI is InChI=1S/C25H45NO5/c1-3-4-5-6-7-8-9-10-11-12-13-16-25(29)31-23-19-21(18-22(20-23)30-2)26-24(28)15-14-17-27/h17,21-23H,3-16,18-20H2,1-2H3,(H,26,28). The van der Waals surface area contributed by atoms with Gasteiger partial charge in [0.1, 0.15) is 12.4 Å². The van der Waals surface area contributed by atoms with Crippen molar-refractivity contribution in [1.29, 1.82) is 0 Å². The van der Waals surface area contributed by atoms with Crippen LogP contribution in [0.25, 0.3) is 0 Å². The third-order valence-electron chi connectivity index (χ3n) is 6.09. The Bertz CT molecular complexity index is 496. The molecule has 0 aromatic carbocycles. The number of aldehydes is 1. The molecule has 0 saturated heterocycles. The van der Waals surface area contributed by atoms with Gasteiger partial charge in [-0.2, -0.15) is 0 Å². The molecule has 1 fully saturated rings. The van der Waals surface area contributed by atoms with Crippen LogP contribution in [0.5, 0.6) is 0 Å². The predicted molar refractivity (Wildman–Crippen MR) is 123 cm³/mol. The minimum Gasteiger partial charge on any atom is -0.462 e. The Balaban J connectivity index is 2.14. The average Bonchev–Trinajstić information content (AvgIpc) is 2.75. The van der Waals surface area contributed by atoms with Gasteiger partial charge in [0.2, 0.25) is 5.91 Å². The van der Waals surface area contributed by atoms with Crippen molar-refractivity contribution in [2.24, 2.45) is 0 Å². The highest BCUT2D eigenvalue weighted by Crippen LogP contribution is 2.24. The van der Waals surface area contributed by atoms with Crippen LogP contribution in [0.1, 0.15) is 116 Å². The molecule has 0 aromatic heterocycles. The maximum Gasteiger partial charge on any atom is 0.306 e. The number of rotatable bonds is 18. The molecule has 0 aromatic rings. The molecule has 31 heavy (non-hydrogen) atoms. The first-order chi connectivity index (χ1) is 15.1. The van der Waals surface area contributed by atoms with Crippen molar-refractivity contribution in [3.8, 4) is 0 Å². The number of methoxy groups -OCH3 is 1. The second kappa shape index (κ2) is 18.2. The molecule has 180 valence electrons. The van der Waals surface area contributed by atoms with Gasteiger partial charge < -0.3 is 19.6 Å². The van der Waals surface area contributed by atoms with Crippen LogP contribution in [0.2, 0.25) is 0 Å². The summed E-state index contributed by atoms with van der Waals surface area (Å²) in [7, 11) is 1.64. The fourth-order valence-electron chi connectivity index (χ4n) is 4.29. The van der Waals surface area contributed by atoms with Gasteiger partial charge >= 0.3 is 5.97 Å². The van der Waals surface area contributed by atoms with Gasteiger partial charge in [-0.25, -0.2) is 0 Å². The van der Waals surface area contributed by atoms with Gasteiger partial charge in [0, 0.05) is 45.3 Å². The zero-order chi connectivity index (χ0) is 22.7. The number of unbranched alkanes of at least 4 members (excludes halogenated alkanes) is 10. The number of esters is 1. The molecule has 1 aliphatic rings. The number of carbonyl (C=O) groups excluding carboxylic acids is 3. The summed E-state index contributed by atoms with van der Waals surface area (Å²) in [6.45, 7) is 2.25. The van der Waals surface area contributed by atoms with Crippen molar-refractivity contribution in [3.63, 3.8) is 0 Å². The van der Waals surface area contributed by atoms with Gasteiger partial charge in [-0.05, 0) is 12.8 Å². The van der Waals surface area contributed by atoms with Crippen LogP contribution in [0.3, 0.4) is 0 Å². The highest BCUT2D eigenvalue weighted by molar-refractivity contribution is 5.78. The molecule has 3 unspecified atom stereocenters. The van der Waals surface area contributed by atoms with Crippen molar-refractivity contribution in [3.05, 3.63) is 0 Å². The first kappa shape index (κ1) is 27.6. The van der Waals surface area contributed by atoms with Gasteiger partial charge in [0.25, 0.3) is 0 Å². The van der Waals surface area contributed by atoms with Crippen molar-refractivity contribution in [2.45, 2.75) is 134 Å². The molecular formula is C25H45NO5. The van der Waals surface area contributed by atoms with E-state index in [1.807, 2.05) is 0 Å². The van der Waals surface area contributed by atoms with Gasteiger partial charge in [-0.15, -0.1) is 0 Å². The molecule has 1 saturated carbocycles. The van der Waals surface area contributed by atoms with Crippen molar-refractivity contribution < 1.29 is 23.9 Å². The van der Waals surface area contributed by atoms with E-state index in [1.54, 1.807) is 7.11 Å². The SMILES string of the molecule is CCCCCCCCCCCCCC(=O)OC1CC(NC(=O)CCC=O)CC(OC)C1. The van der Waals surface area contributed by atoms with Crippen LogP contribution >= 0.6 is 0 Å². The Labute approximate surface area is 189 Å². The molecule has 0 bridgehead atoms.